The number of fused-ring (bicyclic) bond motifs is 1. The van der Waals surface area contributed by atoms with Crippen molar-refractivity contribution in [1.82, 2.24) is 20.0 Å². The lowest BCUT2D eigenvalue weighted by Crippen LogP contribution is -2.38. The third kappa shape index (κ3) is 3.24. The number of likely N-dealkylation sites (tertiary alicyclic amines) is 1. The molecule has 1 saturated heterocycles. The molecule has 0 saturated carbocycles. The van der Waals surface area contributed by atoms with Gasteiger partial charge in [0.05, 0.1) is 22.8 Å². The molecule has 1 atom stereocenters. The Kier molecular flexibility index (Phi) is 4.29. The molecule has 0 spiro atoms. The van der Waals surface area contributed by atoms with E-state index in [-0.39, 0.29) is 5.92 Å². The molecule has 2 aromatic heterocycles. The number of aromatic nitrogens is 2. The van der Waals surface area contributed by atoms with E-state index in [1.165, 1.54) is 5.69 Å². The summed E-state index contributed by atoms with van der Waals surface area (Å²) < 4.78 is 2.12. The zero-order valence-electron chi connectivity index (χ0n) is 13.2. The van der Waals surface area contributed by atoms with E-state index in [0.29, 0.717) is 5.78 Å². The first kappa shape index (κ1) is 15.1. The molecular weight excluding hydrogens is 308 g/mol. The van der Waals surface area contributed by atoms with Crippen molar-refractivity contribution in [1.29, 1.82) is 0 Å². The molecule has 0 radical (unpaired) electrons. The Bertz CT molecular complexity index is 655. The van der Waals surface area contributed by atoms with Gasteiger partial charge in [-0.3, -0.25) is 14.4 Å². The maximum Gasteiger partial charge on any atom is 0.177 e. The fraction of sp³-hybridized carbons (Fsp3) is 0.529. The van der Waals surface area contributed by atoms with Crippen LogP contribution >= 0.6 is 11.3 Å². The van der Waals surface area contributed by atoms with Crippen LogP contribution in [-0.4, -0.2) is 40.1 Å². The van der Waals surface area contributed by atoms with Crippen molar-refractivity contribution >= 4 is 17.1 Å². The molecule has 2 aromatic rings. The molecule has 0 unspecified atom stereocenters. The van der Waals surface area contributed by atoms with Gasteiger partial charge in [0, 0.05) is 32.1 Å². The first-order valence-electron chi connectivity index (χ1n) is 8.36. The van der Waals surface area contributed by atoms with Gasteiger partial charge in [0.1, 0.15) is 0 Å². The molecule has 2 aliphatic heterocycles. The first-order chi connectivity index (χ1) is 11.3. The number of Topliss-reactive ketones (excluding diaryl/α,β-unsaturated/α-hetero) is 1. The van der Waals surface area contributed by atoms with Crippen LogP contribution < -0.4 is 5.32 Å². The predicted molar refractivity (Wildman–Crippen MR) is 90.6 cm³/mol. The molecule has 0 amide bonds. The van der Waals surface area contributed by atoms with Crippen LogP contribution in [0.25, 0.3) is 0 Å². The Balaban J connectivity index is 1.41. The van der Waals surface area contributed by atoms with Crippen LogP contribution in [0.3, 0.4) is 0 Å². The lowest BCUT2D eigenvalue weighted by molar-refractivity contribution is 0.0814. The van der Waals surface area contributed by atoms with Gasteiger partial charge < -0.3 is 5.32 Å². The molecule has 1 N–H and O–H groups in total. The second kappa shape index (κ2) is 6.55. The van der Waals surface area contributed by atoms with E-state index < -0.39 is 0 Å². The van der Waals surface area contributed by atoms with Crippen molar-refractivity contribution in [3.8, 4) is 0 Å². The van der Waals surface area contributed by atoms with E-state index in [1.54, 1.807) is 11.3 Å². The molecule has 5 nitrogen and oxygen atoms in total. The highest BCUT2D eigenvalue weighted by molar-refractivity contribution is 7.12. The van der Waals surface area contributed by atoms with Gasteiger partial charge in [0.2, 0.25) is 0 Å². The van der Waals surface area contributed by atoms with E-state index in [1.807, 2.05) is 17.5 Å². The van der Waals surface area contributed by atoms with Crippen molar-refractivity contribution in [2.75, 3.05) is 19.6 Å². The van der Waals surface area contributed by atoms with E-state index >= 15 is 0 Å². The van der Waals surface area contributed by atoms with Crippen LogP contribution in [0.15, 0.2) is 23.6 Å². The molecule has 0 bridgehead atoms. The Hall–Kier alpha value is -1.50. The summed E-state index contributed by atoms with van der Waals surface area (Å²) in [6, 6.07) is 6.11. The monoisotopic (exact) mass is 330 g/mol. The number of hydrogen-bond acceptors (Lipinski definition) is 5. The molecular formula is C17H22N4OS. The van der Waals surface area contributed by atoms with Crippen molar-refractivity contribution in [3.63, 3.8) is 0 Å². The third-order valence-corrected chi connectivity index (χ3v) is 5.63. The fourth-order valence-corrected chi connectivity index (χ4v) is 4.34. The normalized spacial score (nSPS) is 22.0. The minimum atomic E-state index is 0.140. The summed E-state index contributed by atoms with van der Waals surface area (Å²) in [6.45, 7) is 5.64. The largest absolute Gasteiger partial charge is 0.309 e. The quantitative estimate of drug-likeness (QED) is 0.873. The summed E-state index contributed by atoms with van der Waals surface area (Å²) >= 11 is 1.56. The van der Waals surface area contributed by atoms with Gasteiger partial charge in [-0.2, -0.15) is 5.10 Å². The molecule has 0 aromatic carbocycles. The number of hydrogen-bond donors (Lipinski definition) is 1. The minimum absolute atomic E-state index is 0.140. The van der Waals surface area contributed by atoms with Crippen molar-refractivity contribution in [2.24, 2.45) is 5.92 Å². The minimum Gasteiger partial charge on any atom is -0.309 e. The Morgan fingerprint density at radius 2 is 2.39 bits per heavy atom. The van der Waals surface area contributed by atoms with Crippen LogP contribution in [-0.2, 0) is 19.6 Å². The lowest BCUT2D eigenvalue weighted by Gasteiger charge is -2.31. The summed E-state index contributed by atoms with van der Waals surface area (Å²) in [4.78, 5) is 15.9. The number of carbonyl (C=O) groups excluding carboxylic acids is 1. The number of rotatable bonds is 4. The zero-order chi connectivity index (χ0) is 15.6. The predicted octanol–water partition coefficient (Wildman–Crippen LogP) is 2.14. The molecule has 23 heavy (non-hydrogen) atoms. The van der Waals surface area contributed by atoms with Crippen LogP contribution in [0.1, 0.15) is 33.9 Å². The van der Waals surface area contributed by atoms with Gasteiger partial charge in [-0.25, -0.2) is 0 Å². The highest BCUT2D eigenvalue weighted by atomic mass is 32.1. The Labute approximate surface area is 140 Å². The van der Waals surface area contributed by atoms with Gasteiger partial charge in [-0.05, 0) is 36.9 Å². The second-order valence-electron chi connectivity index (χ2n) is 6.44. The maximum atomic E-state index is 12.6. The third-order valence-electron chi connectivity index (χ3n) is 4.75. The summed E-state index contributed by atoms with van der Waals surface area (Å²) in [7, 11) is 0. The molecule has 122 valence electrons. The van der Waals surface area contributed by atoms with E-state index in [9.17, 15) is 4.79 Å². The number of carbonyl (C=O) groups is 1. The summed E-state index contributed by atoms with van der Waals surface area (Å²) in [5.41, 5.74) is 2.40. The van der Waals surface area contributed by atoms with Crippen LogP contribution in [0, 0.1) is 5.92 Å². The first-order valence-corrected chi connectivity index (χ1v) is 9.24. The van der Waals surface area contributed by atoms with Crippen molar-refractivity contribution < 1.29 is 4.79 Å². The molecule has 2 aliphatic rings. The Morgan fingerprint density at radius 1 is 1.43 bits per heavy atom. The fourth-order valence-electron chi connectivity index (χ4n) is 3.59. The van der Waals surface area contributed by atoms with Gasteiger partial charge in [-0.1, -0.05) is 6.07 Å². The van der Waals surface area contributed by atoms with Crippen molar-refractivity contribution in [2.45, 2.75) is 32.5 Å². The van der Waals surface area contributed by atoms with Gasteiger partial charge in [0.25, 0.3) is 0 Å². The number of nitrogens with zero attached hydrogens (tertiary/aromatic N) is 3. The molecule has 6 heteroatoms. The SMILES string of the molecule is O=C(c1cccs1)[C@H]1CCCN(Cc2cc3n(n2)CCNC3)C1. The van der Waals surface area contributed by atoms with E-state index in [4.69, 9.17) is 5.10 Å². The maximum absolute atomic E-state index is 12.6. The molecule has 4 heterocycles. The number of ketones is 1. The number of nitrogens with one attached hydrogen (secondary N) is 1. The van der Waals surface area contributed by atoms with Crippen LogP contribution in [0.4, 0.5) is 0 Å². The Morgan fingerprint density at radius 3 is 3.22 bits per heavy atom. The van der Waals surface area contributed by atoms with Crippen molar-refractivity contribution in [3.05, 3.63) is 39.8 Å². The van der Waals surface area contributed by atoms with Crippen LogP contribution in [0.2, 0.25) is 0 Å². The average molecular weight is 330 g/mol. The number of piperidine rings is 1. The van der Waals surface area contributed by atoms with E-state index in [2.05, 4.69) is 21.0 Å². The summed E-state index contributed by atoms with van der Waals surface area (Å²) in [6.07, 6.45) is 2.10. The van der Waals surface area contributed by atoms with E-state index in [0.717, 1.165) is 62.7 Å². The molecule has 0 aliphatic carbocycles. The molecule has 4 rings (SSSR count). The summed E-state index contributed by atoms with van der Waals surface area (Å²) in [5, 5.41) is 10.1. The van der Waals surface area contributed by atoms with Gasteiger partial charge in [-0.15, -0.1) is 11.3 Å². The highest BCUT2D eigenvalue weighted by Gasteiger charge is 2.27. The lowest BCUT2D eigenvalue weighted by atomic mass is 9.93. The van der Waals surface area contributed by atoms with Gasteiger partial charge >= 0.3 is 0 Å². The zero-order valence-corrected chi connectivity index (χ0v) is 14.0. The van der Waals surface area contributed by atoms with Gasteiger partial charge in [0.15, 0.2) is 5.78 Å². The second-order valence-corrected chi connectivity index (χ2v) is 7.39. The highest BCUT2D eigenvalue weighted by Crippen LogP contribution is 2.24. The number of thiophene rings is 1. The standard InChI is InChI=1S/C17H22N4OS/c22-17(16-4-2-8-23-16)13-3-1-6-20(11-13)12-14-9-15-10-18-5-7-21(15)19-14/h2,4,8-9,13,18H,1,3,5-7,10-12H2/t13-/m0/s1. The average Bonchev–Trinajstić information content (AvgIpc) is 3.23. The molecule has 1 fully saturated rings. The summed E-state index contributed by atoms with van der Waals surface area (Å²) in [5.74, 6) is 0.458. The van der Waals surface area contributed by atoms with Crippen LogP contribution in [0.5, 0.6) is 0 Å². The smallest absolute Gasteiger partial charge is 0.177 e. The topological polar surface area (TPSA) is 50.2 Å².